The highest BCUT2D eigenvalue weighted by Crippen LogP contribution is 2.33. The molecule has 5 nitrogen and oxygen atoms in total. The Balaban J connectivity index is 2.19. The lowest BCUT2D eigenvalue weighted by Gasteiger charge is -2.18. The zero-order valence-electron chi connectivity index (χ0n) is 12.7. The summed E-state index contributed by atoms with van der Waals surface area (Å²) in [4.78, 5) is 12.2. The Kier molecular flexibility index (Phi) is 5.71. The van der Waals surface area contributed by atoms with Gasteiger partial charge in [0.25, 0.3) is 0 Å². The highest BCUT2D eigenvalue weighted by atomic mass is 35.5. The van der Waals surface area contributed by atoms with Gasteiger partial charge in [0.2, 0.25) is 5.91 Å². The first-order chi connectivity index (χ1) is 11.3. The maximum Gasteiger partial charge on any atom is 0.573 e. The van der Waals surface area contributed by atoms with Gasteiger partial charge in [-0.05, 0) is 24.1 Å². The topological polar surface area (TPSA) is 56.1 Å². The highest BCUT2D eigenvalue weighted by Gasteiger charge is 2.33. The third kappa shape index (κ3) is 4.89. The Morgan fingerprint density at radius 3 is 2.75 bits per heavy atom. The van der Waals surface area contributed by atoms with Crippen molar-refractivity contribution in [1.82, 2.24) is 9.78 Å². The molecule has 0 bridgehead atoms. The zero-order valence-corrected chi connectivity index (χ0v) is 13.4. The second-order valence-electron chi connectivity index (χ2n) is 4.88. The number of para-hydroxylation sites is 1. The number of ether oxygens (including phenoxy) is 1. The Hall–Kier alpha value is -2.22. The summed E-state index contributed by atoms with van der Waals surface area (Å²) in [5.74, 6) is -1.11. The van der Waals surface area contributed by atoms with E-state index in [0.717, 1.165) is 6.07 Å². The van der Waals surface area contributed by atoms with Crippen LogP contribution in [-0.2, 0) is 17.8 Å². The fraction of sp³-hybridized carbons (Fsp3) is 0.333. The molecule has 2 aromatic rings. The number of rotatable bonds is 6. The van der Waals surface area contributed by atoms with Gasteiger partial charge in [0, 0.05) is 12.4 Å². The third-order valence-corrected chi connectivity index (χ3v) is 3.49. The molecule has 9 heteroatoms. The Labute approximate surface area is 141 Å². The monoisotopic (exact) mass is 361 g/mol. The number of alkyl halides is 4. The van der Waals surface area contributed by atoms with E-state index in [1.165, 1.54) is 16.9 Å². The highest BCUT2D eigenvalue weighted by molar-refractivity contribution is 6.32. The van der Waals surface area contributed by atoms with Gasteiger partial charge < -0.3 is 10.1 Å². The van der Waals surface area contributed by atoms with E-state index >= 15 is 0 Å². The van der Waals surface area contributed by atoms with Crippen LogP contribution in [0, 0.1) is 0 Å². The second kappa shape index (κ2) is 7.57. The molecular formula is C15H15ClF3N3O2. The number of carbonyl (C=O) groups is 1. The first-order valence-electron chi connectivity index (χ1n) is 7.10. The van der Waals surface area contributed by atoms with Gasteiger partial charge in [0.05, 0.1) is 12.2 Å². The van der Waals surface area contributed by atoms with Crippen LogP contribution in [0.2, 0.25) is 0 Å². The van der Waals surface area contributed by atoms with E-state index in [1.54, 1.807) is 25.3 Å². The van der Waals surface area contributed by atoms with Gasteiger partial charge in [-0.1, -0.05) is 19.1 Å². The Bertz CT molecular complexity index is 690. The number of anilines is 1. The maximum absolute atomic E-state index is 12.5. The Morgan fingerprint density at radius 1 is 1.42 bits per heavy atom. The van der Waals surface area contributed by atoms with Crippen LogP contribution < -0.4 is 10.1 Å². The molecule has 1 heterocycles. The summed E-state index contributed by atoms with van der Waals surface area (Å²) < 4.78 is 43.0. The number of benzene rings is 1. The van der Waals surface area contributed by atoms with Crippen LogP contribution in [-0.4, -0.2) is 27.4 Å². The number of halogens is 4. The smallest absolute Gasteiger partial charge is 0.404 e. The molecule has 1 unspecified atom stereocenters. The van der Waals surface area contributed by atoms with Crippen LogP contribution in [0.15, 0.2) is 36.7 Å². The van der Waals surface area contributed by atoms with Gasteiger partial charge in [0.15, 0.2) is 5.75 Å². The minimum Gasteiger partial charge on any atom is -0.404 e. The predicted octanol–water partition coefficient (Wildman–Crippen LogP) is 3.59. The largest absolute Gasteiger partial charge is 0.573 e. The summed E-state index contributed by atoms with van der Waals surface area (Å²) in [7, 11) is 0. The van der Waals surface area contributed by atoms with Crippen molar-refractivity contribution in [3.63, 3.8) is 0 Å². The SMILES string of the molecule is CCc1cccc(OC(F)(F)F)c1NC(=O)C(Cl)Cn1cccn1. The molecule has 0 saturated heterocycles. The molecule has 0 aliphatic heterocycles. The third-order valence-electron chi connectivity index (χ3n) is 3.16. The number of nitrogens with one attached hydrogen (secondary N) is 1. The van der Waals surface area contributed by atoms with E-state index in [1.807, 2.05) is 0 Å². The van der Waals surface area contributed by atoms with Crippen molar-refractivity contribution >= 4 is 23.2 Å². The van der Waals surface area contributed by atoms with Crippen LogP contribution in [0.25, 0.3) is 0 Å². The number of nitrogens with zero attached hydrogens (tertiary/aromatic N) is 2. The molecule has 0 fully saturated rings. The van der Waals surface area contributed by atoms with Gasteiger partial charge in [-0.3, -0.25) is 9.48 Å². The number of hydrogen-bond acceptors (Lipinski definition) is 3. The number of aromatic nitrogens is 2. The maximum atomic E-state index is 12.5. The number of aryl methyl sites for hydroxylation is 1. The van der Waals surface area contributed by atoms with E-state index in [4.69, 9.17) is 11.6 Å². The van der Waals surface area contributed by atoms with Crippen LogP contribution >= 0.6 is 11.6 Å². The molecule has 0 radical (unpaired) electrons. The number of hydrogen-bond donors (Lipinski definition) is 1. The molecule has 1 N–H and O–H groups in total. The van der Waals surface area contributed by atoms with Crippen LogP contribution in [0.4, 0.5) is 18.9 Å². The normalized spacial score (nSPS) is 12.7. The minimum absolute atomic E-state index is 0.0339. The summed E-state index contributed by atoms with van der Waals surface area (Å²) >= 11 is 6.02. The molecular weight excluding hydrogens is 347 g/mol. The molecule has 0 saturated carbocycles. The van der Waals surface area contributed by atoms with Gasteiger partial charge >= 0.3 is 6.36 Å². The lowest BCUT2D eigenvalue weighted by molar-refractivity contribution is -0.274. The predicted molar refractivity (Wildman–Crippen MR) is 83.0 cm³/mol. The quantitative estimate of drug-likeness (QED) is 0.800. The van der Waals surface area contributed by atoms with E-state index in [-0.39, 0.29) is 12.2 Å². The van der Waals surface area contributed by atoms with Crippen LogP contribution in [0.5, 0.6) is 5.75 Å². The van der Waals surface area contributed by atoms with Crippen molar-refractivity contribution in [2.75, 3.05) is 5.32 Å². The molecule has 24 heavy (non-hydrogen) atoms. The van der Waals surface area contributed by atoms with Crippen molar-refractivity contribution in [2.45, 2.75) is 31.6 Å². The number of amides is 1. The summed E-state index contributed by atoms with van der Waals surface area (Å²) in [6.07, 6.45) is -1.29. The summed E-state index contributed by atoms with van der Waals surface area (Å²) in [6.45, 7) is 1.84. The fourth-order valence-electron chi connectivity index (χ4n) is 2.08. The van der Waals surface area contributed by atoms with Crippen LogP contribution in [0.3, 0.4) is 0 Å². The summed E-state index contributed by atoms with van der Waals surface area (Å²) in [5, 5.41) is 5.35. The van der Waals surface area contributed by atoms with Gasteiger partial charge in [-0.2, -0.15) is 5.10 Å². The van der Waals surface area contributed by atoms with E-state index < -0.39 is 23.4 Å². The van der Waals surface area contributed by atoms with Gasteiger partial charge in [-0.25, -0.2) is 0 Å². The zero-order chi connectivity index (χ0) is 17.7. The van der Waals surface area contributed by atoms with Gasteiger partial charge in [-0.15, -0.1) is 24.8 Å². The first kappa shape index (κ1) is 18.1. The van der Waals surface area contributed by atoms with Crippen molar-refractivity contribution in [3.8, 4) is 5.75 Å². The fourth-order valence-corrected chi connectivity index (χ4v) is 2.28. The molecule has 130 valence electrons. The van der Waals surface area contributed by atoms with E-state index in [0.29, 0.717) is 12.0 Å². The Morgan fingerprint density at radius 2 is 2.17 bits per heavy atom. The summed E-state index contributed by atoms with van der Waals surface area (Å²) in [6, 6.07) is 5.84. The molecule has 0 aliphatic carbocycles. The van der Waals surface area contributed by atoms with Crippen molar-refractivity contribution in [2.24, 2.45) is 0 Å². The minimum atomic E-state index is -4.86. The molecule has 2 rings (SSSR count). The summed E-state index contributed by atoms with van der Waals surface area (Å²) in [5.41, 5.74) is 0.474. The standard InChI is InChI=1S/C15H15ClF3N3O2/c1-2-10-5-3-6-12(24-15(17,18)19)13(10)21-14(23)11(16)9-22-8-4-7-20-22/h3-8,11H,2,9H2,1H3,(H,21,23). The van der Waals surface area contributed by atoms with E-state index in [9.17, 15) is 18.0 Å². The molecule has 0 spiro atoms. The van der Waals surface area contributed by atoms with E-state index in [2.05, 4.69) is 15.2 Å². The van der Waals surface area contributed by atoms with Crippen molar-refractivity contribution in [3.05, 3.63) is 42.2 Å². The first-order valence-corrected chi connectivity index (χ1v) is 7.53. The average Bonchev–Trinajstić information content (AvgIpc) is 3.00. The second-order valence-corrected chi connectivity index (χ2v) is 5.40. The van der Waals surface area contributed by atoms with Gasteiger partial charge in [0.1, 0.15) is 5.38 Å². The molecule has 1 amide bonds. The van der Waals surface area contributed by atoms with Crippen molar-refractivity contribution < 1.29 is 22.7 Å². The van der Waals surface area contributed by atoms with Crippen molar-refractivity contribution in [1.29, 1.82) is 0 Å². The lowest BCUT2D eigenvalue weighted by Crippen LogP contribution is -2.28. The number of carbonyl (C=O) groups excluding carboxylic acids is 1. The average molecular weight is 362 g/mol. The molecule has 1 atom stereocenters. The molecule has 1 aromatic heterocycles. The lowest BCUT2D eigenvalue weighted by atomic mass is 10.1. The van der Waals surface area contributed by atoms with Crippen LogP contribution in [0.1, 0.15) is 12.5 Å². The molecule has 0 aliphatic rings. The molecule has 1 aromatic carbocycles.